The number of carbonyl (C=O) groups is 1. The minimum atomic E-state index is -4.39. The number of carbonyl (C=O) groups excluding carboxylic acids is 1. The van der Waals surface area contributed by atoms with Gasteiger partial charge in [0.2, 0.25) is 5.91 Å². The summed E-state index contributed by atoms with van der Waals surface area (Å²) in [7, 11) is 0. The Labute approximate surface area is 174 Å². The second kappa shape index (κ2) is 8.36. The first-order valence-corrected chi connectivity index (χ1v) is 9.63. The Morgan fingerprint density at radius 1 is 1.07 bits per heavy atom. The molecule has 29 heavy (non-hydrogen) atoms. The minimum absolute atomic E-state index is 0. The zero-order valence-electron chi connectivity index (χ0n) is 16.2. The number of anilines is 2. The van der Waals surface area contributed by atoms with E-state index in [9.17, 15) is 18.0 Å². The van der Waals surface area contributed by atoms with Gasteiger partial charge in [-0.25, -0.2) is 0 Å². The number of fused-ring (bicyclic) bond motifs is 1. The monoisotopic (exact) mass is 424 g/mol. The fraction of sp³-hybridized carbons (Fsp3) is 0.409. The van der Waals surface area contributed by atoms with Crippen LogP contribution in [0.15, 0.2) is 42.5 Å². The molecule has 0 spiro atoms. The molecule has 2 aromatic rings. The summed E-state index contributed by atoms with van der Waals surface area (Å²) in [6.07, 6.45) is -0.774. The summed E-state index contributed by atoms with van der Waals surface area (Å²) in [5.74, 6) is 0.593. The van der Waals surface area contributed by atoms with Gasteiger partial charge in [-0.1, -0.05) is 6.07 Å². The van der Waals surface area contributed by atoms with E-state index in [-0.39, 0.29) is 18.3 Å². The standard InChI is InChI=1S/C22H23F3N2O.ClH/c1-15(28)27(20-8-5-19(6-9-20)22(23,24)25)21-7-4-17-10-11-26(13-16-2-3-16)14-18(17)12-21;/h4-9,12,16H,2-3,10-11,13-14H2,1H3;1H. The third kappa shape index (κ3) is 4.93. The van der Waals surface area contributed by atoms with Crippen molar-refractivity contribution in [1.29, 1.82) is 0 Å². The van der Waals surface area contributed by atoms with Crippen molar-refractivity contribution in [3.8, 4) is 0 Å². The molecule has 2 aliphatic rings. The maximum Gasteiger partial charge on any atom is 0.416 e. The number of hydrogen-bond acceptors (Lipinski definition) is 2. The van der Waals surface area contributed by atoms with Crippen molar-refractivity contribution in [3.63, 3.8) is 0 Å². The Hall–Kier alpha value is -2.05. The van der Waals surface area contributed by atoms with Gasteiger partial charge in [-0.2, -0.15) is 13.2 Å². The molecule has 7 heteroatoms. The van der Waals surface area contributed by atoms with Gasteiger partial charge in [-0.15, -0.1) is 12.4 Å². The molecule has 156 valence electrons. The van der Waals surface area contributed by atoms with E-state index in [0.29, 0.717) is 11.4 Å². The van der Waals surface area contributed by atoms with Crippen molar-refractivity contribution < 1.29 is 18.0 Å². The molecule has 1 aliphatic heterocycles. The maximum absolute atomic E-state index is 12.8. The van der Waals surface area contributed by atoms with Crippen molar-refractivity contribution in [2.75, 3.05) is 18.0 Å². The lowest BCUT2D eigenvalue weighted by Gasteiger charge is -2.30. The van der Waals surface area contributed by atoms with E-state index in [1.165, 1.54) is 47.9 Å². The molecule has 1 saturated carbocycles. The number of alkyl halides is 3. The molecule has 3 nitrogen and oxygen atoms in total. The first-order valence-electron chi connectivity index (χ1n) is 9.63. The predicted octanol–water partition coefficient (Wildman–Crippen LogP) is 5.58. The van der Waals surface area contributed by atoms with Gasteiger partial charge in [-0.3, -0.25) is 14.6 Å². The smallest absolute Gasteiger partial charge is 0.298 e. The third-order valence-electron chi connectivity index (χ3n) is 5.52. The Kier molecular flexibility index (Phi) is 6.24. The van der Waals surface area contributed by atoms with Crippen LogP contribution >= 0.6 is 12.4 Å². The molecule has 1 heterocycles. The summed E-state index contributed by atoms with van der Waals surface area (Å²) < 4.78 is 38.5. The number of hydrogen-bond donors (Lipinski definition) is 0. The van der Waals surface area contributed by atoms with Crippen LogP contribution in [-0.4, -0.2) is 23.9 Å². The molecule has 0 unspecified atom stereocenters. The number of halogens is 4. The molecule has 0 aromatic heterocycles. The van der Waals surface area contributed by atoms with E-state index in [1.807, 2.05) is 18.2 Å². The molecule has 1 amide bonds. The van der Waals surface area contributed by atoms with E-state index in [2.05, 4.69) is 4.90 Å². The van der Waals surface area contributed by atoms with Crippen LogP contribution in [0.3, 0.4) is 0 Å². The predicted molar refractivity (Wildman–Crippen MR) is 110 cm³/mol. The highest BCUT2D eigenvalue weighted by molar-refractivity contribution is 5.99. The van der Waals surface area contributed by atoms with Gasteiger partial charge in [0.15, 0.2) is 0 Å². The highest BCUT2D eigenvalue weighted by Crippen LogP contribution is 2.35. The Morgan fingerprint density at radius 3 is 2.31 bits per heavy atom. The first-order chi connectivity index (χ1) is 13.3. The van der Waals surface area contributed by atoms with Crippen molar-refractivity contribution in [3.05, 3.63) is 59.2 Å². The number of amides is 1. The fourth-order valence-corrected chi connectivity index (χ4v) is 3.87. The molecule has 1 fully saturated rings. The minimum Gasteiger partial charge on any atom is -0.298 e. The lowest BCUT2D eigenvalue weighted by atomic mass is 9.98. The van der Waals surface area contributed by atoms with E-state index >= 15 is 0 Å². The molecule has 1 aliphatic carbocycles. The summed E-state index contributed by atoms with van der Waals surface area (Å²) in [6.45, 7) is 4.46. The first kappa shape index (κ1) is 21.7. The lowest BCUT2D eigenvalue weighted by Crippen LogP contribution is -2.32. The average Bonchev–Trinajstić information content (AvgIpc) is 3.45. The molecule has 2 aromatic carbocycles. The van der Waals surface area contributed by atoms with E-state index < -0.39 is 11.7 Å². The van der Waals surface area contributed by atoms with Gasteiger partial charge < -0.3 is 0 Å². The van der Waals surface area contributed by atoms with Crippen LogP contribution in [0, 0.1) is 5.92 Å². The second-order valence-corrected chi connectivity index (χ2v) is 7.78. The summed E-state index contributed by atoms with van der Waals surface area (Å²) in [5, 5.41) is 0. The number of nitrogens with zero attached hydrogens (tertiary/aromatic N) is 2. The van der Waals surface area contributed by atoms with Crippen LogP contribution in [0.5, 0.6) is 0 Å². The van der Waals surface area contributed by atoms with Crippen LogP contribution in [0.25, 0.3) is 0 Å². The van der Waals surface area contributed by atoms with Gasteiger partial charge in [0.1, 0.15) is 0 Å². The van der Waals surface area contributed by atoms with Gasteiger partial charge >= 0.3 is 6.18 Å². The summed E-state index contributed by atoms with van der Waals surface area (Å²) >= 11 is 0. The zero-order chi connectivity index (χ0) is 19.9. The third-order valence-corrected chi connectivity index (χ3v) is 5.52. The van der Waals surface area contributed by atoms with Gasteiger partial charge in [0.05, 0.1) is 5.56 Å². The van der Waals surface area contributed by atoms with Crippen LogP contribution in [0.4, 0.5) is 24.5 Å². The molecule has 0 radical (unpaired) electrons. The highest BCUT2D eigenvalue weighted by Gasteiger charge is 2.31. The molecule has 0 atom stereocenters. The quantitative estimate of drug-likeness (QED) is 0.639. The normalized spacial score (nSPS) is 16.7. The largest absolute Gasteiger partial charge is 0.416 e. The number of rotatable bonds is 4. The Balaban J connectivity index is 0.00000240. The molecule has 0 N–H and O–H groups in total. The fourth-order valence-electron chi connectivity index (χ4n) is 3.87. The Bertz CT molecular complexity index is 879. The SMILES string of the molecule is CC(=O)N(c1ccc(C(F)(F)F)cc1)c1ccc2c(c1)CN(CC1CC1)CC2.Cl. The highest BCUT2D eigenvalue weighted by atomic mass is 35.5. The molecule has 0 saturated heterocycles. The van der Waals surface area contributed by atoms with E-state index in [0.717, 1.165) is 44.1 Å². The lowest BCUT2D eigenvalue weighted by molar-refractivity contribution is -0.137. The second-order valence-electron chi connectivity index (χ2n) is 7.78. The van der Waals surface area contributed by atoms with Gasteiger partial charge in [-0.05, 0) is 72.7 Å². The van der Waals surface area contributed by atoms with Gasteiger partial charge in [0, 0.05) is 37.9 Å². The summed E-state index contributed by atoms with van der Waals surface area (Å²) in [5.41, 5.74) is 2.89. The maximum atomic E-state index is 12.8. The van der Waals surface area contributed by atoms with Crippen LogP contribution in [-0.2, 0) is 23.9 Å². The van der Waals surface area contributed by atoms with E-state index in [4.69, 9.17) is 0 Å². The average molecular weight is 425 g/mol. The molecule has 4 rings (SSSR count). The van der Waals surface area contributed by atoms with Crippen LogP contribution in [0.1, 0.15) is 36.5 Å². The van der Waals surface area contributed by atoms with Crippen LogP contribution in [0.2, 0.25) is 0 Å². The van der Waals surface area contributed by atoms with Crippen molar-refractivity contribution >= 4 is 29.7 Å². The summed E-state index contributed by atoms with van der Waals surface area (Å²) in [6, 6.07) is 10.7. The molecule has 0 bridgehead atoms. The number of benzene rings is 2. The van der Waals surface area contributed by atoms with Crippen LogP contribution < -0.4 is 4.90 Å². The van der Waals surface area contributed by atoms with E-state index in [1.54, 1.807) is 0 Å². The van der Waals surface area contributed by atoms with Gasteiger partial charge in [0.25, 0.3) is 0 Å². The zero-order valence-corrected chi connectivity index (χ0v) is 17.0. The van der Waals surface area contributed by atoms with Crippen molar-refractivity contribution in [2.45, 2.75) is 38.9 Å². The molecular formula is C22H24ClF3N2O. The Morgan fingerprint density at radius 2 is 1.72 bits per heavy atom. The topological polar surface area (TPSA) is 23.6 Å². The molecular weight excluding hydrogens is 401 g/mol. The van der Waals surface area contributed by atoms with Crippen molar-refractivity contribution in [1.82, 2.24) is 4.90 Å². The van der Waals surface area contributed by atoms with Crippen molar-refractivity contribution in [2.24, 2.45) is 5.92 Å². The summed E-state index contributed by atoms with van der Waals surface area (Å²) in [4.78, 5) is 16.2.